The Kier molecular flexibility index (Phi) is 4.71. The fraction of sp³-hybridized carbons (Fsp3) is 0.462. The number of anilines is 1. The predicted octanol–water partition coefficient (Wildman–Crippen LogP) is 1.05. The third kappa shape index (κ3) is 3.47. The van der Waals surface area contributed by atoms with Crippen molar-refractivity contribution in [2.75, 3.05) is 19.0 Å². The zero-order valence-corrected chi connectivity index (χ0v) is 11.6. The smallest absolute Gasteiger partial charge is 0.271 e. The molecule has 0 radical (unpaired) electrons. The molecule has 114 valence electrons. The van der Waals surface area contributed by atoms with Gasteiger partial charge >= 0.3 is 0 Å². The molecule has 1 aromatic rings. The van der Waals surface area contributed by atoms with Gasteiger partial charge in [0, 0.05) is 18.7 Å². The van der Waals surface area contributed by atoms with E-state index in [0.29, 0.717) is 18.7 Å². The van der Waals surface area contributed by atoms with Crippen LogP contribution in [0, 0.1) is 10.1 Å². The van der Waals surface area contributed by atoms with E-state index in [1.807, 2.05) is 0 Å². The van der Waals surface area contributed by atoms with Gasteiger partial charge in [0.25, 0.3) is 11.6 Å². The molecule has 1 saturated heterocycles. The summed E-state index contributed by atoms with van der Waals surface area (Å²) in [5, 5.41) is 13.4. The normalized spacial score (nSPS) is 21.0. The highest BCUT2D eigenvalue weighted by Gasteiger charge is 2.30. The summed E-state index contributed by atoms with van der Waals surface area (Å²) in [5.74, 6) is -0.00734. The second kappa shape index (κ2) is 6.51. The van der Waals surface area contributed by atoms with E-state index in [-0.39, 0.29) is 23.4 Å². The molecular weight excluding hydrogens is 278 g/mol. The van der Waals surface area contributed by atoms with Crippen LogP contribution in [0.3, 0.4) is 0 Å². The van der Waals surface area contributed by atoms with E-state index >= 15 is 0 Å². The molecule has 1 aromatic carbocycles. The van der Waals surface area contributed by atoms with Gasteiger partial charge in [-0.25, -0.2) is 0 Å². The number of methoxy groups -OCH3 is 1. The average molecular weight is 295 g/mol. The lowest BCUT2D eigenvalue weighted by atomic mass is 10.2. The molecule has 0 bridgehead atoms. The Hall–Kier alpha value is -2.19. The number of nitrogens with one attached hydrogen (secondary N) is 1. The van der Waals surface area contributed by atoms with E-state index < -0.39 is 11.0 Å². The summed E-state index contributed by atoms with van der Waals surface area (Å²) in [7, 11) is 1.42. The highest BCUT2D eigenvalue weighted by atomic mass is 16.6. The third-order valence-corrected chi connectivity index (χ3v) is 3.31. The van der Waals surface area contributed by atoms with Gasteiger partial charge in [0.1, 0.15) is 11.9 Å². The first kappa shape index (κ1) is 15.2. The number of nitrogens with two attached hydrogens (primary N) is 1. The number of ether oxygens (including phenoxy) is 2. The minimum absolute atomic E-state index is 0.118. The van der Waals surface area contributed by atoms with Gasteiger partial charge in [-0.05, 0) is 18.9 Å². The standard InChI is InChI=1S/C13H17N3O5/c1-20-11-4-2-8(16(18)19)6-10(11)15-13(17)12-5-3-9(7-14)21-12/h2,4,6,9,12H,3,5,7,14H2,1H3,(H,15,17). The molecule has 1 amide bonds. The molecule has 2 unspecified atom stereocenters. The molecule has 1 heterocycles. The lowest BCUT2D eigenvalue weighted by Gasteiger charge is -2.14. The van der Waals surface area contributed by atoms with Crippen molar-refractivity contribution in [3.05, 3.63) is 28.3 Å². The number of non-ortho nitro benzene ring substituents is 1. The number of hydrogen-bond acceptors (Lipinski definition) is 6. The Morgan fingerprint density at radius 3 is 2.90 bits per heavy atom. The van der Waals surface area contributed by atoms with Crippen molar-refractivity contribution in [1.29, 1.82) is 0 Å². The van der Waals surface area contributed by atoms with E-state index in [9.17, 15) is 14.9 Å². The number of rotatable bonds is 5. The molecule has 8 nitrogen and oxygen atoms in total. The minimum atomic E-state index is -0.595. The van der Waals surface area contributed by atoms with Crippen LogP contribution in [0.15, 0.2) is 18.2 Å². The number of hydrogen-bond donors (Lipinski definition) is 2. The topological polar surface area (TPSA) is 117 Å². The fourth-order valence-corrected chi connectivity index (χ4v) is 2.19. The van der Waals surface area contributed by atoms with E-state index in [4.69, 9.17) is 15.2 Å². The second-order valence-corrected chi connectivity index (χ2v) is 4.69. The molecule has 3 N–H and O–H groups in total. The zero-order chi connectivity index (χ0) is 15.4. The number of benzene rings is 1. The Labute approximate surface area is 121 Å². The summed E-state index contributed by atoms with van der Waals surface area (Å²) in [5.41, 5.74) is 5.62. The second-order valence-electron chi connectivity index (χ2n) is 4.69. The summed E-state index contributed by atoms with van der Waals surface area (Å²) in [6, 6.07) is 4.00. The third-order valence-electron chi connectivity index (χ3n) is 3.31. The van der Waals surface area contributed by atoms with Crippen molar-refractivity contribution in [3.8, 4) is 5.75 Å². The molecular formula is C13H17N3O5. The maximum Gasteiger partial charge on any atom is 0.271 e. The Morgan fingerprint density at radius 2 is 2.33 bits per heavy atom. The van der Waals surface area contributed by atoms with Gasteiger partial charge in [0.05, 0.1) is 23.8 Å². The molecule has 0 aliphatic carbocycles. The first-order valence-electron chi connectivity index (χ1n) is 6.54. The zero-order valence-electron chi connectivity index (χ0n) is 11.6. The fourth-order valence-electron chi connectivity index (χ4n) is 2.19. The summed E-state index contributed by atoms with van der Waals surface area (Å²) in [4.78, 5) is 22.4. The van der Waals surface area contributed by atoms with E-state index in [2.05, 4.69) is 5.32 Å². The van der Waals surface area contributed by atoms with Gasteiger partial charge in [0.2, 0.25) is 0 Å². The van der Waals surface area contributed by atoms with Crippen LogP contribution in [0.5, 0.6) is 5.75 Å². The van der Waals surface area contributed by atoms with Gasteiger partial charge in [-0.2, -0.15) is 0 Å². The van der Waals surface area contributed by atoms with Crippen molar-refractivity contribution in [1.82, 2.24) is 0 Å². The van der Waals surface area contributed by atoms with Crippen LogP contribution in [0.4, 0.5) is 11.4 Å². The van der Waals surface area contributed by atoms with Gasteiger partial charge in [-0.15, -0.1) is 0 Å². The summed E-state index contributed by atoms with van der Waals surface area (Å²) in [6.07, 6.45) is 0.585. The molecule has 8 heteroatoms. The molecule has 21 heavy (non-hydrogen) atoms. The maximum absolute atomic E-state index is 12.1. The average Bonchev–Trinajstić information content (AvgIpc) is 2.96. The van der Waals surface area contributed by atoms with Crippen LogP contribution in [-0.4, -0.2) is 36.7 Å². The van der Waals surface area contributed by atoms with Crippen LogP contribution < -0.4 is 15.8 Å². The summed E-state index contributed by atoms with van der Waals surface area (Å²) >= 11 is 0. The number of carbonyl (C=O) groups is 1. The van der Waals surface area contributed by atoms with Crippen molar-refractivity contribution in [3.63, 3.8) is 0 Å². The largest absolute Gasteiger partial charge is 0.495 e. The molecule has 1 aliphatic rings. The highest BCUT2D eigenvalue weighted by Crippen LogP contribution is 2.30. The quantitative estimate of drug-likeness (QED) is 0.619. The van der Waals surface area contributed by atoms with E-state index in [1.54, 1.807) is 0 Å². The summed E-state index contributed by atoms with van der Waals surface area (Å²) in [6.45, 7) is 0.365. The van der Waals surface area contributed by atoms with Crippen LogP contribution >= 0.6 is 0 Å². The minimum Gasteiger partial charge on any atom is -0.495 e. The van der Waals surface area contributed by atoms with Crippen molar-refractivity contribution >= 4 is 17.3 Å². The van der Waals surface area contributed by atoms with Crippen LogP contribution in [0.2, 0.25) is 0 Å². The maximum atomic E-state index is 12.1. The molecule has 1 aliphatic heterocycles. The predicted molar refractivity (Wildman–Crippen MR) is 75.2 cm³/mol. The van der Waals surface area contributed by atoms with E-state index in [0.717, 1.165) is 6.42 Å². The summed E-state index contributed by atoms with van der Waals surface area (Å²) < 4.78 is 10.6. The number of nitro benzene ring substituents is 1. The molecule has 0 spiro atoms. The van der Waals surface area contributed by atoms with E-state index in [1.165, 1.54) is 25.3 Å². The van der Waals surface area contributed by atoms with Crippen LogP contribution in [0.25, 0.3) is 0 Å². The van der Waals surface area contributed by atoms with Crippen molar-refractivity contribution < 1.29 is 19.2 Å². The lowest BCUT2D eigenvalue weighted by molar-refractivity contribution is -0.384. The number of nitro groups is 1. The molecule has 2 rings (SSSR count). The first-order chi connectivity index (χ1) is 10.0. The van der Waals surface area contributed by atoms with Gasteiger partial charge < -0.3 is 20.5 Å². The monoisotopic (exact) mass is 295 g/mol. The van der Waals surface area contributed by atoms with Gasteiger partial charge in [0.15, 0.2) is 0 Å². The van der Waals surface area contributed by atoms with Crippen LogP contribution in [-0.2, 0) is 9.53 Å². The number of nitrogens with zero attached hydrogens (tertiary/aromatic N) is 1. The molecule has 0 aromatic heterocycles. The Balaban J connectivity index is 2.12. The SMILES string of the molecule is COc1ccc([N+](=O)[O-])cc1NC(=O)C1CCC(CN)O1. The molecule has 1 fully saturated rings. The highest BCUT2D eigenvalue weighted by molar-refractivity contribution is 5.96. The van der Waals surface area contributed by atoms with Crippen molar-refractivity contribution in [2.24, 2.45) is 5.73 Å². The number of amides is 1. The lowest BCUT2D eigenvalue weighted by Crippen LogP contribution is -2.29. The van der Waals surface area contributed by atoms with Gasteiger partial charge in [-0.1, -0.05) is 0 Å². The Bertz CT molecular complexity index is 549. The number of carbonyl (C=O) groups excluding carboxylic acids is 1. The molecule has 2 atom stereocenters. The Morgan fingerprint density at radius 1 is 1.57 bits per heavy atom. The van der Waals surface area contributed by atoms with Crippen LogP contribution in [0.1, 0.15) is 12.8 Å². The van der Waals surface area contributed by atoms with Crippen molar-refractivity contribution in [2.45, 2.75) is 25.0 Å². The first-order valence-corrected chi connectivity index (χ1v) is 6.54. The molecule has 0 saturated carbocycles. The van der Waals surface area contributed by atoms with Gasteiger partial charge in [-0.3, -0.25) is 14.9 Å².